The van der Waals surface area contributed by atoms with E-state index in [0.29, 0.717) is 39.7 Å². The van der Waals surface area contributed by atoms with Crippen molar-refractivity contribution in [3.63, 3.8) is 0 Å². The van der Waals surface area contributed by atoms with Crippen LogP contribution in [0.15, 0.2) is 71.8 Å². The Balaban J connectivity index is 1.69. The lowest BCUT2D eigenvalue weighted by Gasteiger charge is -2.28. The molecule has 0 aliphatic carbocycles. The molecule has 2 amide bonds. The van der Waals surface area contributed by atoms with Gasteiger partial charge in [0.15, 0.2) is 0 Å². The third-order valence-electron chi connectivity index (χ3n) is 6.66. The number of carbonyl (C=O) groups excluding carboxylic acids is 2. The largest absolute Gasteiger partial charge is 0.497 e. The number of methoxy groups -OCH3 is 4. The SMILES string of the molecule is COCCN(CC(=O)N1N=C(c2ccccc2F)C[C@@H]1c1cc(OC)ccc1OC)C(=O)c1ccc(OC)cc1. The normalized spacial score (nSPS) is 14.5. The van der Waals surface area contributed by atoms with Gasteiger partial charge in [-0.1, -0.05) is 18.2 Å². The van der Waals surface area contributed by atoms with Crippen LogP contribution in [0.1, 0.15) is 33.9 Å². The standard InChI is InChI=1S/C30H32FN3O6/c1-37-16-15-33(30(36)20-9-11-21(38-2)12-10-20)19-29(35)34-27(24-17-22(39-3)13-14-28(24)40-4)18-26(32-34)23-7-5-6-8-25(23)31/h5-14,17,27H,15-16,18-19H2,1-4H3/t27-/m1/s1. The summed E-state index contributed by atoms with van der Waals surface area (Å²) in [5.74, 6) is 0.472. The summed E-state index contributed by atoms with van der Waals surface area (Å²) in [5.41, 5.74) is 1.75. The molecular formula is C30H32FN3O6. The van der Waals surface area contributed by atoms with Crippen LogP contribution in [0.4, 0.5) is 4.39 Å². The van der Waals surface area contributed by atoms with Gasteiger partial charge in [-0.2, -0.15) is 5.10 Å². The summed E-state index contributed by atoms with van der Waals surface area (Å²) in [7, 11) is 6.14. The van der Waals surface area contributed by atoms with Crippen LogP contribution in [0.2, 0.25) is 0 Å². The van der Waals surface area contributed by atoms with E-state index >= 15 is 0 Å². The van der Waals surface area contributed by atoms with Gasteiger partial charge in [-0.25, -0.2) is 9.40 Å². The van der Waals surface area contributed by atoms with E-state index in [1.807, 2.05) is 0 Å². The quantitative estimate of drug-likeness (QED) is 0.354. The molecule has 1 atom stereocenters. The van der Waals surface area contributed by atoms with Gasteiger partial charge in [0.25, 0.3) is 11.8 Å². The van der Waals surface area contributed by atoms with Crippen LogP contribution in [0.3, 0.4) is 0 Å². The van der Waals surface area contributed by atoms with E-state index in [2.05, 4.69) is 5.10 Å². The predicted octanol–water partition coefficient (Wildman–Crippen LogP) is 4.32. The number of hydrazone groups is 1. The Morgan fingerprint density at radius 3 is 2.30 bits per heavy atom. The Hall–Kier alpha value is -4.44. The zero-order chi connectivity index (χ0) is 28.6. The molecule has 0 radical (unpaired) electrons. The molecule has 1 aliphatic rings. The first-order valence-corrected chi connectivity index (χ1v) is 12.7. The summed E-state index contributed by atoms with van der Waals surface area (Å²) in [4.78, 5) is 28.7. The second-order valence-corrected chi connectivity index (χ2v) is 9.04. The van der Waals surface area contributed by atoms with Gasteiger partial charge in [0.2, 0.25) is 0 Å². The van der Waals surface area contributed by atoms with Crippen LogP contribution >= 0.6 is 0 Å². The molecule has 1 aliphatic heterocycles. The maximum absolute atomic E-state index is 14.8. The second-order valence-electron chi connectivity index (χ2n) is 9.04. The van der Waals surface area contributed by atoms with Gasteiger partial charge in [0.05, 0.1) is 39.7 Å². The van der Waals surface area contributed by atoms with Crippen molar-refractivity contribution in [2.75, 3.05) is 48.1 Å². The summed E-state index contributed by atoms with van der Waals surface area (Å²) in [6, 6.07) is 17.6. The van der Waals surface area contributed by atoms with Gasteiger partial charge in [-0.05, 0) is 48.5 Å². The molecule has 0 N–H and O–H groups in total. The third kappa shape index (κ3) is 6.23. The van der Waals surface area contributed by atoms with Crippen molar-refractivity contribution in [1.29, 1.82) is 0 Å². The number of halogens is 1. The Bertz CT molecular complexity index is 1380. The van der Waals surface area contributed by atoms with Gasteiger partial charge in [-0.15, -0.1) is 0 Å². The lowest BCUT2D eigenvalue weighted by molar-refractivity contribution is -0.133. The highest BCUT2D eigenvalue weighted by molar-refractivity contribution is 6.04. The van der Waals surface area contributed by atoms with E-state index in [0.717, 1.165) is 0 Å². The van der Waals surface area contributed by atoms with Gasteiger partial charge in [-0.3, -0.25) is 9.59 Å². The number of rotatable bonds is 11. The molecule has 0 fully saturated rings. The molecule has 40 heavy (non-hydrogen) atoms. The molecule has 0 unspecified atom stereocenters. The van der Waals surface area contributed by atoms with E-state index in [1.165, 1.54) is 30.2 Å². The average molecular weight is 550 g/mol. The first kappa shape index (κ1) is 28.6. The molecule has 9 nitrogen and oxygen atoms in total. The summed E-state index contributed by atoms with van der Waals surface area (Å²) < 4.78 is 36.1. The topological polar surface area (TPSA) is 89.9 Å². The highest BCUT2D eigenvalue weighted by Gasteiger charge is 2.37. The third-order valence-corrected chi connectivity index (χ3v) is 6.66. The van der Waals surface area contributed by atoms with Crippen molar-refractivity contribution in [3.05, 3.63) is 89.2 Å². The number of hydrogen-bond donors (Lipinski definition) is 0. The molecule has 0 bridgehead atoms. The minimum atomic E-state index is -0.618. The second kappa shape index (κ2) is 13.1. The summed E-state index contributed by atoms with van der Waals surface area (Å²) >= 11 is 0. The maximum Gasteiger partial charge on any atom is 0.262 e. The molecule has 0 saturated carbocycles. The van der Waals surface area contributed by atoms with Crippen molar-refractivity contribution in [2.45, 2.75) is 12.5 Å². The molecule has 4 rings (SSSR count). The summed E-state index contributed by atoms with van der Waals surface area (Å²) in [5, 5.41) is 5.88. The maximum atomic E-state index is 14.8. The number of carbonyl (C=O) groups is 2. The minimum Gasteiger partial charge on any atom is -0.497 e. The van der Waals surface area contributed by atoms with Crippen LogP contribution in [-0.4, -0.2) is 75.6 Å². The van der Waals surface area contributed by atoms with Gasteiger partial charge >= 0.3 is 0 Å². The first-order valence-electron chi connectivity index (χ1n) is 12.7. The van der Waals surface area contributed by atoms with Gasteiger partial charge in [0.1, 0.15) is 29.6 Å². The van der Waals surface area contributed by atoms with Crippen LogP contribution in [0, 0.1) is 5.82 Å². The fraction of sp³-hybridized carbons (Fsp3) is 0.300. The van der Waals surface area contributed by atoms with Crippen molar-refractivity contribution in [1.82, 2.24) is 9.91 Å². The van der Waals surface area contributed by atoms with Crippen molar-refractivity contribution in [2.24, 2.45) is 5.10 Å². The highest BCUT2D eigenvalue weighted by Crippen LogP contribution is 2.39. The van der Waals surface area contributed by atoms with Crippen LogP contribution in [-0.2, 0) is 9.53 Å². The monoisotopic (exact) mass is 549 g/mol. The van der Waals surface area contributed by atoms with Gasteiger partial charge in [0, 0.05) is 36.8 Å². The predicted molar refractivity (Wildman–Crippen MR) is 147 cm³/mol. The Morgan fingerprint density at radius 2 is 1.65 bits per heavy atom. The fourth-order valence-corrected chi connectivity index (χ4v) is 4.55. The number of amides is 2. The Labute approximate surface area is 232 Å². The number of benzene rings is 3. The molecule has 3 aromatic carbocycles. The minimum absolute atomic E-state index is 0.179. The van der Waals surface area contributed by atoms with E-state index < -0.39 is 17.8 Å². The van der Waals surface area contributed by atoms with Crippen molar-refractivity contribution in [3.8, 4) is 17.2 Å². The zero-order valence-electron chi connectivity index (χ0n) is 22.9. The van der Waals surface area contributed by atoms with E-state index in [4.69, 9.17) is 18.9 Å². The van der Waals surface area contributed by atoms with E-state index in [-0.39, 0.29) is 32.0 Å². The van der Waals surface area contributed by atoms with Crippen molar-refractivity contribution >= 4 is 17.5 Å². The molecule has 3 aromatic rings. The molecule has 0 saturated heterocycles. The molecule has 210 valence electrons. The molecule has 1 heterocycles. The molecule has 0 spiro atoms. The number of hydrogen-bond acceptors (Lipinski definition) is 7. The fourth-order valence-electron chi connectivity index (χ4n) is 4.55. The zero-order valence-corrected chi connectivity index (χ0v) is 22.9. The van der Waals surface area contributed by atoms with Crippen LogP contribution in [0.5, 0.6) is 17.2 Å². The van der Waals surface area contributed by atoms with Crippen molar-refractivity contribution < 1.29 is 32.9 Å². The average Bonchev–Trinajstić information content (AvgIpc) is 3.44. The lowest BCUT2D eigenvalue weighted by atomic mass is 9.97. The van der Waals surface area contributed by atoms with Gasteiger partial charge < -0.3 is 23.8 Å². The molecule has 10 heteroatoms. The van der Waals surface area contributed by atoms with Crippen LogP contribution < -0.4 is 14.2 Å². The molecular weight excluding hydrogens is 517 g/mol. The smallest absolute Gasteiger partial charge is 0.262 e. The highest BCUT2D eigenvalue weighted by atomic mass is 19.1. The van der Waals surface area contributed by atoms with E-state index in [9.17, 15) is 14.0 Å². The number of ether oxygens (including phenoxy) is 4. The molecule has 0 aromatic heterocycles. The lowest BCUT2D eigenvalue weighted by Crippen LogP contribution is -2.42. The number of nitrogens with zero attached hydrogens (tertiary/aromatic N) is 3. The Kier molecular flexibility index (Phi) is 9.34. The van der Waals surface area contributed by atoms with Crippen LogP contribution in [0.25, 0.3) is 0 Å². The Morgan fingerprint density at radius 1 is 0.950 bits per heavy atom. The first-order chi connectivity index (χ1) is 19.4. The van der Waals surface area contributed by atoms with E-state index in [1.54, 1.807) is 74.9 Å². The summed E-state index contributed by atoms with van der Waals surface area (Å²) in [6.07, 6.45) is 0.237. The summed E-state index contributed by atoms with van der Waals surface area (Å²) in [6.45, 7) is 0.134.